The van der Waals surface area contributed by atoms with Crippen molar-refractivity contribution in [1.82, 2.24) is 4.98 Å². The number of hydrogen-bond donors (Lipinski definition) is 0. The molecule has 3 nitrogen and oxygen atoms in total. The van der Waals surface area contributed by atoms with E-state index in [1.807, 2.05) is 0 Å². The Balaban J connectivity index is 2.65. The number of rotatable bonds is 2. The third kappa shape index (κ3) is 3.03. The summed E-state index contributed by atoms with van der Waals surface area (Å²) in [5, 5.41) is 0.393. The van der Waals surface area contributed by atoms with Crippen LogP contribution in [0.4, 0.5) is 0 Å². The number of hydrogen-bond acceptors (Lipinski definition) is 3. The lowest BCUT2D eigenvalue weighted by molar-refractivity contribution is -0.138. The zero-order valence-electron chi connectivity index (χ0n) is 7.37. The van der Waals surface area contributed by atoms with E-state index in [0.717, 1.165) is 0 Å². The van der Waals surface area contributed by atoms with Crippen LogP contribution in [0.15, 0.2) is 12.3 Å². The van der Waals surface area contributed by atoms with Gasteiger partial charge >= 0.3 is 5.97 Å². The van der Waals surface area contributed by atoms with Gasteiger partial charge in [0.1, 0.15) is 0 Å². The predicted molar refractivity (Wildman–Crippen MR) is 48.6 cm³/mol. The normalized spacial score (nSPS) is 10.2. The van der Waals surface area contributed by atoms with Crippen molar-refractivity contribution >= 4 is 17.6 Å². The summed E-state index contributed by atoms with van der Waals surface area (Å²) >= 11 is 5.55. The molecular formula is C9H9ClNO2. The first-order valence-corrected chi connectivity index (χ1v) is 4.22. The molecule has 0 atom stereocenters. The number of halogens is 1. The number of pyridine rings is 1. The molecule has 1 radical (unpaired) electrons. The van der Waals surface area contributed by atoms with Crippen LogP contribution in [-0.4, -0.2) is 11.0 Å². The van der Waals surface area contributed by atoms with Crippen LogP contribution in [0.1, 0.15) is 13.8 Å². The molecule has 0 spiro atoms. The molecule has 0 aromatic carbocycles. The molecule has 0 N–H and O–H groups in total. The lowest BCUT2D eigenvalue weighted by Crippen LogP contribution is -2.15. The summed E-state index contributed by atoms with van der Waals surface area (Å²) in [5.74, 6) is -0.260. The van der Waals surface area contributed by atoms with Crippen molar-refractivity contribution in [3.8, 4) is 5.88 Å². The van der Waals surface area contributed by atoms with Gasteiger partial charge in [0, 0.05) is 12.1 Å². The Morgan fingerprint density at radius 3 is 2.85 bits per heavy atom. The number of ether oxygens (including phenoxy) is 1. The molecule has 0 bridgehead atoms. The summed E-state index contributed by atoms with van der Waals surface area (Å²) in [6.45, 7) is 3.50. The van der Waals surface area contributed by atoms with Crippen LogP contribution in [0.3, 0.4) is 0 Å². The zero-order valence-corrected chi connectivity index (χ0v) is 8.13. The van der Waals surface area contributed by atoms with E-state index >= 15 is 0 Å². The van der Waals surface area contributed by atoms with Gasteiger partial charge in [-0.1, -0.05) is 25.4 Å². The highest BCUT2D eigenvalue weighted by atomic mass is 35.5. The van der Waals surface area contributed by atoms with Gasteiger partial charge in [0.15, 0.2) is 0 Å². The highest BCUT2D eigenvalue weighted by Crippen LogP contribution is 2.11. The minimum absolute atomic E-state index is 0.169. The quantitative estimate of drug-likeness (QED) is 0.684. The molecule has 0 saturated carbocycles. The van der Waals surface area contributed by atoms with Crippen LogP contribution in [-0.2, 0) is 4.79 Å². The Morgan fingerprint density at radius 2 is 2.38 bits per heavy atom. The molecule has 0 fully saturated rings. The van der Waals surface area contributed by atoms with Crippen molar-refractivity contribution in [2.45, 2.75) is 13.8 Å². The summed E-state index contributed by atoms with van der Waals surface area (Å²) in [5.41, 5.74) is 0. The van der Waals surface area contributed by atoms with Gasteiger partial charge < -0.3 is 4.74 Å². The Hall–Kier alpha value is -1.09. The van der Waals surface area contributed by atoms with Gasteiger partial charge in [-0.3, -0.25) is 4.79 Å². The summed E-state index contributed by atoms with van der Waals surface area (Å²) < 4.78 is 4.89. The lowest BCUT2D eigenvalue weighted by Gasteiger charge is -2.04. The fourth-order valence-electron chi connectivity index (χ4n) is 0.602. The standard InChI is InChI=1S/C9H9ClNO2/c1-6(2)9(12)13-8-4-3-7(10)5-11-8/h4-6H,1-2H3. The molecule has 0 amide bonds. The largest absolute Gasteiger partial charge is 0.407 e. The van der Waals surface area contributed by atoms with Crippen LogP contribution in [0.25, 0.3) is 0 Å². The third-order valence-electron chi connectivity index (χ3n) is 1.32. The van der Waals surface area contributed by atoms with E-state index < -0.39 is 0 Å². The molecular weight excluding hydrogens is 190 g/mol. The smallest absolute Gasteiger partial charge is 0.315 e. The van der Waals surface area contributed by atoms with Crippen molar-refractivity contribution in [2.75, 3.05) is 0 Å². The second-order valence-corrected chi connectivity index (χ2v) is 3.22. The van der Waals surface area contributed by atoms with Crippen molar-refractivity contribution in [3.05, 3.63) is 23.4 Å². The van der Waals surface area contributed by atoms with Gasteiger partial charge in [-0.25, -0.2) is 4.98 Å². The monoisotopic (exact) mass is 198 g/mol. The first-order valence-electron chi connectivity index (χ1n) is 3.84. The molecule has 0 unspecified atom stereocenters. The molecule has 13 heavy (non-hydrogen) atoms. The van der Waals surface area contributed by atoms with E-state index in [9.17, 15) is 4.79 Å². The Kier molecular flexibility index (Phi) is 3.25. The van der Waals surface area contributed by atoms with Gasteiger partial charge in [-0.2, -0.15) is 0 Å². The van der Waals surface area contributed by atoms with Crippen molar-refractivity contribution in [2.24, 2.45) is 5.92 Å². The zero-order chi connectivity index (χ0) is 9.84. The minimum atomic E-state index is -0.316. The van der Waals surface area contributed by atoms with Gasteiger partial charge in [0.25, 0.3) is 0 Å². The first-order chi connectivity index (χ1) is 6.09. The van der Waals surface area contributed by atoms with Crippen LogP contribution in [0.5, 0.6) is 5.88 Å². The summed E-state index contributed by atoms with van der Waals surface area (Å²) in [4.78, 5) is 14.9. The molecule has 0 saturated heterocycles. The number of carbonyl (C=O) groups is 1. The predicted octanol–water partition coefficient (Wildman–Crippen LogP) is 2.10. The van der Waals surface area contributed by atoms with E-state index in [1.165, 1.54) is 12.3 Å². The molecule has 1 heterocycles. The van der Waals surface area contributed by atoms with Crippen LogP contribution >= 0.6 is 11.6 Å². The molecule has 0 aliphatic carbocycles. The summed E-state index contributed by atoms with van der Waals surface area (Å²) in [6.07, 6.45) is 1.38. The second-order valence-electron chi connectivity index (χ2n) is 2.81. The molecule has 0 aliphatic heterocycles. The van der Waals surface area contributed by atoms with E-state index in [2.05, 4.69) is 11.1 Å². The number of nitrogens with zero attached hydrogens (tertiary/aromatic N) is 1. The van der Waals surface area contributed by atoms with Crippen LogP contribution in [0.2, 0.25) is 5.02 Å². The Morgan fingerprint density at radius 1 is 1.69 bits per heavy atom. The molecule has 1 aromatic heterocycles. The highest BCUT2D eigenvalue weighted by Gasteiger charge is 2.09. The summed E-state index contributed by atoms with van der Waals surface area (Å²) in [7, 11) is 0. The maximum absolute atomic E-state index is 11.1. The van der Waals surface area contributed by atoms with Gasteiger partial charge in [0.05, 0.1) is 17.1 Å². The Labute approximate surface area is 81.7 Å². The third-order valence-corrected chi connectivity index (χ3v) is 1.52. The molecule has 1 rings (SSSR count). The SMILES string of the molecule is CC(C)C(=O)Oc1c[c]c(Cl)cn1. The molecule has 4 heteroatoms. The van der Waals surface area contributed by atoms with Crippen molar-refractivity contribution < 1.29 is 9.53 Å². The highest BCUT2D eigenvalue weighted by molar-refractivity contribution is 6.30. The van der Waals surface area contributed by atoms with Crippen LogP contribution < -0.4 is 4.74 Å². The first kappa shape index (κ1) is 9.99. The Bertz CT molecular complexity index is 295. The second kappa shape index (κ2) is 4.23. The maximum atomic E-state index is 11.1. The number of aromatic nitrogens is 1. The van der Waals surface area contributed by atoms with E-state index in [4.69, 9.17) is 16.3 Å². The molecule has 1 aromatic rings. The average molecular weight is 199 g/mol. The lowest BCUT2D eigenvalue weighted by atomic mass is 10.2. The average Bonchev–Trinajstić information content (AvgIpc) is 2.08. The number of carbonyl (C=O) groups excluding carboxylic acids is 1. The van der Waals surface area contributed by atoms with Gasteiger partial charge in [-0.15, -0.1) is 0 Å². The van der Waals surface area contributed by atoms with Crippen LogP contribution in [0, 0.1) is 12.0 Å². The topological polar surface area (TPSA) is 39.2 Å². The van der Waals surface area contributed by atoms with Crippen molar-refractivity contribution in [3.63, 3.8) is 0 Å². The maximum Gasteiger partial charge on any atom is 0.315 e. The molecule has 0 aliphatic rings. The van der Waals surface area contributed by atoms with E-state index in [-0.39, 0.29) is 17.8 Å². The molecule has 69 valence electrons. The number of esters is 1. The van der Waals surface area contributed by atoms with E-state index in [0.29, 0.717) is 5.02 Å². The van der Waals surface area contributed by atoms with Gasteiger partial charge in [0.2, 0.25) is 5.88 Å². The minimum Gasteiger partial charge on any atom is -0.407 e. The summed E-state index contributed by atoms with van der Waals surface area (Å²) in [6, 6.07) is 4.10. The fourth-order valence-corrected chi connectivity index (χ4v) is 0.706. The van der Waals surface area contributed by atoms with Gasteiger partial charge in [-0.05, 0) is 0 Å². The fraction of sp³-hybridized carbons (Fsp3) is 0.333. The van der Waals surface area contributed by atoms with E-state index in [1.54, 1.807) is 13.8 Å². The van der Waals surface area contributed by atoms with Crippen molar-refractivity contribution in [1.29, 1.82) is 0 Å².